The fourth-order valence-corrected chi connectivity index (χ4v) is 3.12. The Labute approximate surface area is 180 Å². The summed E-state index contributed by atoms with van der Waals surface area (Å²) in [5.41, 5.74) is 6.40. The Morgan fingerprint density at radius 2 is 1.70 bits per heavy atom. The largest absolute Gasteiger partial charge is 0.491 e. The molecular formula is C23H23N3O3S. The number of rotatable bonds is 5. The molecule has 30 heavy (non-hydrogen) atoms. The minimum Gasteiger partial charge on any atom is -0.491 e. The Morgan fingerprint density at radius 1 is 0.967 bits per heavy atom. The van der Waals surface area contributed by atoms with E-state index in [4.69, 9.17) is 17.0 Å². The first-order chi connectivity index (χ1) is 14.4. The van der Waals surface area contributed by atoms with Crippen molar-refractivity contribution in [1.82, 2.24) is 16.2 Å². The standard InChI is InChI=1S/C23H23N3O3S/c1-15(2)29-19-11-6-10-18(13-19)22(28)24-23(30)26-25-21(27)14-17-9-5-8-16-7-3-4-12-20(16)17/h3-13,15H,14H2,1-2H3,(H,25,27)(H2,24,26,28,30). The summed E-state index contributed by atoms with van der Waals surface area (Å²) in [7, 11) is 0. The van der Waals surface area contributed by atoms with Gasteiger partial charge in [-0.15, -0.1) is 0 Å². The molecule has 0 atom stereocenters. The quantitative estimate of drug-likeness (QED) is 0.434. The molecule has 0 saturated heterocycles. The Bertz CT molecular complexity index is 1080. The lowest BCUT2D eigenvalue weighted by Gasteiger charge is -2.13. The maximum Gasteiger partial charge on any atom is 0.257 e. The van der Waals surface area contributed by atoms with Crippen LogP contribution in [-0.2, 0) is 11.2 Å². The van der Waals surface area contributed by atoms with E-state index in [-0.39, 0.29) is 23.5 Å². The molecule has 0 radical (unpaired) electrons. The highest BCUT2D eigenvalue weighted by Gasteiger charge is 2.11. The molecule has 0 fully saturated rings. The molecule has 3 N–H and O–H groups in total. The molecule has 0 heterocycles. The van der Waals surface area contributed by atoms with Crippen LogP contribution in [0.1, 0.15) is 29.8 Å². The van der Waals surface area contributed by atoms with E-state index in [2.05, 4.69) is 16.2 Å². The second-order valence-corrected chi connectivity index (χ2v) is 7.37. The molecule has 0 aliphatic rings. The molecule has 0 bridgehead atoms. The van der Waals surface area contributed by atoms with Gasteiger partial charge < -0.3 is 4.74 Å². The van der Waals surface area contributed by atoms with Crippen molar-refractivity contribution in [3.05, 3.63) is 77.9 Å². The van der Waals surface area contributed by atoms with Crippen LogP contribution in [0, 0.1) is 0 Å². The molecule has 3 aromatic carbocycles. The van der Waals surface area contributed by atoms with E-state index in [1.54, 1.807) is 24.3 Å². The van der Waals surface area contributed by atoms with Gasteiger partial charge in [-0.05, 0) is 60.6 Å². The molecule has 0 unspecified atom stereocenters. The number of hydrogen-bond acceptors (Lipinski definition) is 4. The van der Waals surface area contributed by atoms with Crippen molar-refractivity contribution in [3.8, 4) is 5.75 Å². The zero-order chi connectivity index (χ0) is 21.5. The van der Waals surface area contributed by atoms with E-state index in [1.165, 1.54) is 0 Å². The third-order valence-corrected chi connectivity index (χ3v) is 4.45. The van der Waals surface area contributed by atoms with Gasteiger partial charge in [-0.2, -0.15) is 0 Å². The van der Waals surface area contributed by atoms with Gasteiger partial charge in [-0.1, -0.05) is 48.5 Å². The van der Waals surface area contributed by atoms with Crippen LogP contribution in [0.4, 0.5) is 0 Å². The van der Waals surface area contributed by atoms with Crippen LogP contribution in [0.25, 0.3) is 10.8 Å². The van der Waals surface area contributed by atoms with Crippen molar-refractivity contribution in [2.24, 2.45) is 0 Å². The minimum atomic E-state index is -0.398. The first kappa shape index (κ1) is 21.3. The molecule has 0 saturated carbocycles. The second kappa shape index (κ2) is 9.84. The third-order valence-electron chi connectivity index (χ3n) is 4.24. The molecule has 0 aliphatic heterocycles. The SMILES string of the molecule is CC(C)Oc1cccc(C(=O)NC(=S)NNC(=O)Cc2cccc3ccccc23)c1. The van der Waals surface area contributed by atoms with E-state index >= 15 is 0 Å². The maximum absolute atomic E-state index is 12.4. The third kappa shape index (κ3) is 5.78. The van der Waals surface area contributed by atoms with Crippen LogP contribution in [0.5, 0.6) is 5.75 Å². The number of fused-ring (bicyclic) bond motifs is 1. The summed E-state index contributed by atoms with van der Waals surface area (Å²) < 4.78 is 5.59. The number of amides is 2. The topological polar surface area (TPSA) is 79.5 Å². The lowest BCUT2D eigenvalue weighted by molar-refractivity contribution is -0.121. The van der Waals surface area contributed by atoms with Gasteiger partial charge >= 0.3 is 0 Å². The summed E-state index contributed by atoms with van der Waals surface area (Å²) in [5, 5.41) is 4.63. The van der Waals surface area contributed by atoms with Crippen LogP contribution in [0.15, 0.2) is 66.7 Å². The van der Waals surface area contributed by atoms with Gasteiger partial charge in [-0.25, -0.2) is 0 Å². The monoisotopic (exact) mass is 421 g/mol. The lowest BCUT2D eigenvalue weighted by atomic mass is 10.0. The number of thiocarbonyl (C=S) groups is 1. The Hall–Kier alpha value is -3.45. The zero-order valence-corrected chi connectivity index (χ0v) is 17.6. The van der Waals surface area contributed by atoms with Gasteiger partial charge in [0.2, 0.25) is 5.91 Å². The molecule has 7 heteroatoms. The van der Waals surface area contributed by atoms with Crippen molar-refractivity contribution >= 4 is 39.9 Å². The van der Waals surface area contributed by atoms with Crippen LogP contribution >= 0.6 is 12.2 Å². The number of nitrogens with one attached hydrogen (secondary N) is 3. The van der Waals surface area contributed by atoms with Crippen LogP contribution in [-0.4, -0.2) is 23.0 Å². The maximum atomic E-state index is 12.4. The number of ether oxygens (including phenoxy) is 1. The number of carbonyl (C=O) groups is 2. The predicted octanol–water partition coefficient (Wildman–Crippen LogP) is 3.51. The molecule has 0 spiro atoms. The van der Waals surface area contributed by atoms with Crippen molar-refractivity contribution in [2.45, 2.75) is 26.4 Å². The zero-order valence-electron chi connectivity index (χ0n) is 16.8. The summed E-state index contributed by atoms with van der Waals surface area (Å²) >= 11 is 5.10. The van der Waals surface area contributed by atoms with Gasteiger partial charge in [0.15, 0.2) is 5.11 Å². The van der Waals surface area contributed by atoms with Crippen LogP contribution in [0.3, 0.4) is 0 Å². The molecule has 3 rings (SSSR count). The van der Waals surface area contributed by atoms with Gasteiger partial charge in [0.1, 0.15) is 5.75 Å². The van der Waals surface area contributed by atoms with Crippen molar-refractivity contribution in [3.63, 3.8) is 0 Å². The summed E-state index contributed by atoms with van der Waals surface area (Å²) in [6, 6.07) is 20.5. The lowest BCUT2D eigenvalue weighted by Crippen LogP contribution is -2.48. The van der Waals surface area contributed by atoms with Crippen molar-refractivity contribution in [2.75, 3.05) is 0 Å². The molecule has 154 valence electrons. The van der Waals surface area contributed by atoms with Crippen LogP contribution in [0.2, 0.25) is 0 Å². The first-order valence-electron chi connectivity index (χ1n) is 9.56. The first-order valence-corrected chi connectivity index (χ1v) is 9.96. The summed E-state index contributed by atoms with van der Waals surface area (Å²) in [6.45, 7) is 3.82. The van der Waals surface area contributed by atoms with Crippen molar-refractivity contribution < 1.29 is 14.3 Å². The highest BCUT2D eigenvalue weighted by atomic mass is 32.1. The molecular weight excluding hydrogens is 398 g/mol. The number of benzene rings is 3. The molecule has 0 aromatic heterocycles. The highest BCUT2D eigenvalue weighted by molar-refractivity contribution is 7.80. The number of hydrogen-bond donors (Lipinski definition) is 3. The minimum absolute atomic E-state index is 0.00134. The van der Waals surface area contributed by atoms with Gasteiger partial charge in [-0.3, -0.25) is 25.8 Å². The van der Waals surface area contributed by atoms with Gasteiger partial charge in [0.05, 0.1) is 12.5 Å². The predicted molar refractivity (Wildman–Crippen MR) is 121 cm³/mol. The summed E-state index contributed by atoms with van der Waals surface area (Å²) in [6.07, 6.45) is 0.183. The Balaban J connectivity index is 1.53. The molecule has 0 aliphatic carbocycles. The van der Waals surface area contributed by atoms with Crippen molar-refractivity contribution in [1.29, 1.82) is 0 Å². The smallest absolute Gasteiger partial charge is 0.257 e. The average Bonchev–Trinajstić information content (AvgIpc) is 2.72. The molecule has 2 amide bonds. The molecule has 6 nitrogen and oxygen atoms in total. The van der Waals surface area contributed by atoms with Crippen LogP contribution < -0.4 is 20.9 Å². The van der Waals surface area contributed by atoms with Gasteiger partial charge in [0, 0.05) is 5.56 Å². The fourth-order valence-electron chi connectivity index (χ4n) is 2.98. The second-order valence-electron chi connectivity index (χ2n) is 6.97. The number of carbonyl (C=O) groups excluding carboxylic acids is 2. The van der Waals surface area contributed by atoms with E-state index in [9.17, 15) is 9.59 Å². The summed E-state index contributed by atoms with van der Waals surface area (Å²) in [4.78, 5) is 24.7. The van der Waals surface area contributed by atoms with Gasteiger partial charge in [0.25, 0.3) is 5.91 Å². The fraction of sp³-hybridized carbons (Fsp3) is 0.174. The average molecular weight is 422 g/mol. The van der Waals surface area contributed by atoms with E-state index < -0.39 is 5.91 Å². The van der Waals surface area contributed by atoms with E-state index in [0.717, 1.165) is 16.3 Å². The Kier molecular flexibility index (Phi) is 6.98. The highest BCUT2D eigenvalue weighted by Crippen LogP contribution is 2.18. The summed E-state index contributed by atoms with van der Waals surface area (Å²) in [5.74, 6) is -0.0693. The normalized spacial score (nSPS) is 10.5. The Morgan fingerprint density at radius 3 is 2.50 bits per heavy atom. The molecule has 3 aromatic rings. The number of hydrazine groups is 1. The van der Waals surface area contributed by atoms with E-state index in [1.807, 2.05) is 56.3 Å². The van der Waals surface area contributed by atoms with E-state index in [0.29, 0.717) is 11.3 Å².